The lowest BCUT2D eigenvalue weighted by molar-refractivity contribution is -0.148. The first kappa shape index (κ1) is 24.3. The lowest BCUT2D eigenvalue weighted by Crippen LogP contribution is -2.50. The molecule has 3 N–H and O–H groups in total. The Labute approximate surface area is 216 Å². The predicted molar refractivity (Wildman–Crippen MR) is 131 cm³/mol. The molecule has 1 saturated carbocycles. The van der Waals surface area contributed by atoms with Crippen molar-refractivity contribution in [1.82, 2.24) is 24.6 Å². The van der Waals surface area contributed by atoms with E-state index in [-0.39, 0.29) is 30.7 Å². The van der Waals surface area contributed by atoms with Crippen LogP contribution in [0.5, 0.6) is 0 Å². The average molecular weight is 545 g/mol. The van der Waals surface area contributed by atoms with Gasteiger partial charge in [-0.25, -0.2) is 14.6 Å². The molecule has 3 aliphatic rings. The van der Waals surface area contributed by atoms with Gasteiger partial charge in [0.25, 0.3) is 0 Å². The number of nitrogens with zero attached hydrogens (tertiary/aromatic N) is 4. The average Bonchev–Trinajstić information content (AvgIpc) is 3.37. The normalized spacial score (nSPS) is 29.9. The molecule has 3 fully saturated rings. The van der Waals surface area contributed by atoms with Crippen molar-refractivity contribution in [3.63, 3.8) is 0 Å². The number of rotatable bonds is 6. The molecule has 0 radical (unpaired) electrons. The fourth-order valence-corrected chi connectivity index (χ4v) is 6.64. The molecule has 2 saturated heterocycles. The van der Waals surface area contributed by atoms with Gasteiger partial charge in [-0.3, -0.25) is 18.4 Å². The quantitative estimate of drug-likeness (QED) is 0.204. The van der Waals surface area contributed by atoms with E-state index in [1.54, 1.807) is 4.57 Å². The highest BCUT2D eigenvalue weighted by molar-refractivity contribution is 7.51. The molecule has 3 aromatic rings. The summed E-state index contributed by atoms with van der Waals surface area (Å²) in [6, 6.07) is 9.29. The second-order valence-electron chi connectivity index (χ2n) is 9.16. The van der Waals surface area contributed by atoms with Gasteiger partial charge in [0.1, 0.15) is 36.6 Å². The number of nitrogen functional groups attached to an aromatic ring is 1. The van der Waals surface area contributed by atoms with Gasteiger partial charge in [0, 0.05) is 6.42 Å². The van der Waals surface area contributed by atoms with Crippen LogP contribution in [0.4, 0.5) is 5.82 Å². The maximum absolute atomic E-state index is 13.6. The smallest absolute Gasteiger partial charge is 0.407 e. The molecule has 1 aliphatic carbocycles. The largest absolute Gasteiger partial charge is 0.459 e. The van der Waals surface area contributed by atoms with Crippen LogP contribution >= 0.6 is 19.3 Å². The highest BCUT2D eigenvalue weighted by Gasteiger charge is 2.61. The number of carbonyl (C=O) groups is 1. The molecule has 0 spiro atoms. The summed E-state index contributed by atoms with van der Waals surface area (Å²) in [7, 11) is -3.93. The van der Waals surface area contributed by atoms with Crippen LogP contribution in [0.3, 0.4) is 0 Å². The number of hydrogen-bond acceptors (Lipinski definition) is 10. The molecule has 1 aromatic carbocycles. The molecule has 14 heteroatoms. The van der Waals surface area contributed by atoms with E-state index in [4.69, 9.17) is 42.3 Å². The number of benzene rings is 1. The molecule has 192 valence electrons. The molecule has 2 aliphatic heterocycles. The second kappa shape index (κ2) is 8.77. The van der Waals surface area contributed by atoms with Gasteiger partial charge in [-0.2, -0.15) is 9.97 Å². The number of imidazole rings is 1. The van der Waals surface area contributed by atoms with Crippen LogP contribution in [0.1, 0.15) is 31.1 Å². The van der Waals surface area contributed by atoms with Crippen LogP contribution < -0.4 is 10.8 Å². The van der Waals surface area contributed by atoms with Crippen molar-refractivity contribution in [3.05, 3.63) is 47.5 Å². The lowest BCUT2D eigenvalue weighted by atomic mass is 9.99. The van der Waals surface area contributed by atoms with E-state index in [1.807, 2.05) is 30.3 Å². The standard InChI is InChI=1S/C23H22ClN6O6P/c1-2-23-12-34-37(32,29-22(8-9-22)20(31)33-11-14-6-4-3-5-7-14)36-15(23)10-16(35-23)30-13-26-17-18(25)27-21(24)28-19(17)30/h1,3-7,13,15-16H,8-12H2,(H,29,32)(H2,25,27,28)/t15-,16-,23-,37?/m1/s1. The Hall–Kier alpha value is -3.04. The fourth-order valence-electron chi connectivity index (χ4n) is 4.50. The van der Waals surface area contributed by atoms with Crippen molar-refractivity contribution in [2.75, 3.05) is 12.3 Å². The van der Waals surface area contributed by atoms with Crippen LogP contribution in [0, 0.1) is 12.3 Å². The molecule has 4 atom stereocenters. The number of nitrogens with one attached hydrogen (secondary N) is 1. The van der Waals surface area contributed by atoms with Crippen molar-refractivity contribution >= 4 is 42.3 Å². The molecular formula is C23H22ClN6O6P. The summed E-state index contributed by atoms with van der Waals surface area (Å²) in [6.07, 6.45) is 6.89. The first-order valence-electron chi connectivity index (χ1n) is 11.5. The van der Waals surface area contributed by atoms with Crippen molar-refractivity contribution in [2.24, 2.45) is 0 Å². The van der Waals surface area contributed by atoms with Crippen LogP contribution in [0.15, 0.2) is 36.7 Å². The number of aromatic nitrogens is 4. The number of ether oxygens (including phenoxy) is 2. The van der Waals surface area contributed by atoms with E-state index in [0.717, 1.165) is 5.56 Å². The van der Waals surface area contributed by atoms with Crippen molar-refractivity contribution in [3.8, 4) is 12.3 Å². The topological polar surface area (TPSA) is 153 Å². The molecule has 1 unspecified atom stereocenters. The maximum Gasteiger partial charge on any atom is 0.407 e. The number of nitrogens with two attached hydrogens (primary N) is 1. The first-order valence-corrected chi connectivity index (χ1v) is 13.4. The molecule has 0 bridgehead atoms. The van der Waals surface area contributed by atoms with E-state index in [1.165, 1.54) is 6.33 Å². The minimum Gasteiger partial charge on any atom is -0.459 e. The number of terminal acetylenes is 1. The zero-order valence-corrected chi connectivity index (χ0v) is 21.0. The van der Waals surface area contributed by atoms with E-state index in [0.29, 0.717) is 24.0 Å². The first-order chi connectivity index (χ1) is 17.7. The Balaban J connectivity index is 1.18. The third kappa shape index (κ3) is 4.28. The summed E-state index contributed by atoms with van der Waals surface area (Å²) in [5.41, 5.74) is 4.99. The number of halogens is 1. The van der Waals surface area contributed by atoms with Gasteiger partial charge in [0.15, 0.2) is 17.1 Å². The Bertz CT molecular complexity index is 1470. The zero-order valence-electron chi connectivity index (χ0n) is 19.4. The Kier molecular flexibility index (Phi) is 5.76. The van der Waals surface area contributed by atoms with Crippen molar-refractivity contribution in [2.45, 2.75) is 49.3 Å². The van der Waals surface area contributed by atoms with Crippen molar-refractivity contribution < 1.29 is 27.9 Å². The molecule has 2 aromatic heterocycles. The predicted octanol–water partition coefficient (Wildman–Crippen LogP) is 2.74. The number of anilines is 1. The van der Waals surface area contributed by atoms with Gasteiger partial charge >= 0.3 is 13.7 Å². The summed E-state index contributed by atoms with van der Waals surface area (Å²) in [5, 5.41) is 2.76. The number of carbonyl (C=O) groups excluding carboxylic acids is 1. The number of fused-ring (bicyclic) bond motifs is 2. The Morgan fingerprint density at radius 1 is 1.35 bits per heavy atom. The number of esters is 1. The van der Waals surface area contributed by atoms with Crippen LogP contribution in [0.2, 0.25) is 5.28 Å². The molecule has 6 rings (SSSR count). The lowest BCUT2D eigenvalue weighted by Gasteiger charge is -2.38. The Morgan fingerprint density at radius 3 is 2.86 bits per heavy atom. The summed E-state index contributed by atoms with van der Waals surface area (Å²) < 4.78 is 38.3. The zero-order chi connectivity index (χ0) is 25.8. The van der Waals surface area contributed by atoms with Crippen LogP contribution in [0.25, 0.3) is 11.2 Å². The van der Waals surface area contributed by atoms with Gasteiger partial charge in [0.05, 0.1) is 6.33 Å². The Morgan fingerprint density at radius 2 is 2.14 bits per heavy atom. The van der Waals surface area contributed by atoms with E-state index in [9.17, 15) is 9.36 Å². The van der Waals surface area contributed by atoms with E-state index in [2.05, 4.69) is 26.0 Å². The van der Waals surface area contributed by atoms with Crippen LogP contribution in [-0.4, -0.2) is 49.3 Å². The minimum absolute atomic E-state index is 0.0454. The summed E-state index contributed by atoms with van der Waals surface area (Å²) >= 11 is 5.98. The highest BCUT2D eigenvalue weighted by Crippen LogP contribution is 2.59. The van der Waals surface area contributed by atoms with Crippen LogP contribution in [-0.2, 0) is 34.5 Å². The minimum atomic E-state index is -3.93. The third-order valence-corrected chi connectivity index (χ3v) is 8.55. The van der Waals surface area contributed by atoms with Gasteiger partial charge in [-0.05, 0) is 30.0 Å². The molecule has 0 amide bonds. The molecule has 4 heterocycles. The fraction of sp³-hybridized carbons (Fsp3) is 0.391. The summed E-state index contributed by atoms with van der Waals surface area (Å²) in [4.78, 5) is 25.2. The monoisotopic (exact) mass is 544 g/mol. The number of hydrogen-bond donors (Lipinski definition) is 2. The van der Waals surface area contributed by atoms with E-state index >= 15 is 0 Å². The van der Waals surface area contributed by atoms with Gasteiger partial charge in [0.2, 0.25) is 5.28 Å². The SMILES string of the molecule is C#C[C@@]12COP(=O)(NC3(C(=O)OCc4ccccc4)CC3)O[C@@H]1C[C@H](n1cnc3c(N)nc(Cl)nc31)O2. The maximum atomic E-state index is 13.6. The van der Waals surface area contributed by atoms with E-state index < -0.39 is 37.2 Å². The highest BCUT2D eigenvalue weighted by atomic mass is 35.5. The molecule has 37 heavy (non-hydrogen) atoms. The third-order valence-electron chi connectivity index (χ3n) is 6.68. The van der Waals surface area contributed by atoms with Crippen molar-refractivity contribution in [1.29, 1.82) is 0 Å². The van der Waals surface area contributed by atoms with Gasteiger partial charge in [-0.1, -0.05) is 36.3 Å². The van der Waals surface area contributed by atoms with Gasteiger partial charge in [-0.15, -0.1) is 6.42 Å². The van der Waals surface area contributed by atoms with Gasteiger partial charge < -0.3 is 15.2 Å². The summed E-state index contributed by atoms with van der Waals surface area (Å²) in [6.45, 7) is -0.112. The molecular weight excluding hydrogens is 523 g/mol. The molecule has 12 nitrogen and oxygen atoms in total. The second-order valence-corrected chi connectivity index (χ2v) is 11.2. The summed E-state index contributed by atoms with van der Waals surface area (Å²) in [5.74, 6) is 2.19.